The number of nitrogens with zero attached hydrogens (tertiary/aromatic N) is 2. The molecule has 0 aliphatic carbocycles. The van der Waals surface area contributed by atoms with Gasteiger partial charge in [-0.05, 0) is 43.4 Å². The molecule has 1 aliphatic rings. The first kappa shape index (κ1) is 12.3. The van der Waals surface area contributed by atoms with Gasteiger partial charge in [0.25, 0.3) is 0 Å². The number of pyridine rings is 1. The normalized spacial score (nSPS) is 19.4. The molecule has 0 amide bonds. The average molecular weight is 235 g/mol. The Hall–Kier alpha value is -1.13. The lowest BCUT2D eigenvalue weighted by molar-refractivity contribution is 0.203. The van der Waals surface area contributed by atoms with Gasteiger partial charge in [-0.25, -0.2) is 4.98 Å². The molecule has 17 heavy (non-hydrogen) atoms. The van der Waals surface area contributed by atoms with Gasteiger partial charge in [0.1, 0.15) is 5.82 Å². The van der Waals surface area contributed by atoms with Crippen molar-refractivity contribution in [2.75, 3.05) is 24.6 Å². The zero-order chi connectivity index (χ0) is 12.3. The molecule has 1 unspecified atom stereocenters. The van der Waals surface area contributed by atoms with Crippen LogP contribution in [0.4, 0.5) is 5.82 Å². The minimum absolute atomic E-state index is 0.0479. The van der Waals surface area contributed by atoms with E-state index in [1.807, 2.05) is 19.2 Å². The molecule has 3 N–H and O–H groups in total. The van der Waals surface area contributed by atoms with Crippen molar-refractivity contribution < 1.29 is 5.11 Å². The fourth-order valence-corrected chi connectivity index (χ4v) is 2.23. The van der Waals surface area contributed by atoms with Crippen LogP contribution in [0.25, 0.3) is 0 Å². The molecular weight excluding hydrogens is 214 g/mol. The van der Waals surface area contributed by atoms with E-state index < -0.39 is 0 Å². The van der Waals surface area contributed by atoms with E-state index in [2.05, 4.69) is 16.0 Å². The highest BCUT2D eigenvalue weighted by Crippen LogP contribution is 2.23. The largest absolute Gasteiger partial charge is 0.396 e. The van der Waals surface area contributed by atoms with Gasteiger partial charge in [-0.3, -0.25) is 0 Å². The second-order valence-corrected chi connectivity index (χ2v) is 4.85. The number of aliphatic hydroxyl groups excluding tert-OH is 1. The van der Waals surface area contributed by atoms with Crippen molar-refractivity contribution in [2.24, 2.45) is 11.7 Å². The van der Waals surface area contributed by atoms with Gasteiger partial charge in [0.15, 0.2) is 0 Å². The van der Waals surface area contributed by atoms with Crippen LogP contribution in [0.1, 0.15) is 31.4 Å². The molecule has 0 aromatic carbocycles. The van der Waals surface area contributed by atoms with E-state index in [9.17, 15) is 0 Å². The molecule has 2 rings (SSSR count). The monoisotopic (exact) mass is 235 g/mol. The standard InChI is InChI=1S/C13H21N3O/c1-10(14)12-2-5-15-13(8-12)16-6-3-11(9-17)4-7-16/h2,5,8,10-11,17H,3-4,6-7,9,14H2,1H3. The van der Waals surface area contributed by atoms with Gasteiger partial charge in [0.05, 0.1) is 0 Å². The van der Waals surface area contributed by atoms with Crippen molar-refractivity contribution in [1.29, 1.82) is 0 Å². The molecule has 0 spiro atoms. The van der Waals surface area contributed by atoms with Crippen LogP contribution in [0, 0.1) is 5.92 Å². The maximum atomic E-state index is 9.11. The van der Waals surface area contributed by atoms with Gasteiger partial charge in [0, 0.05) is 31.9 Å². The zero-order valence-electron chi connectivity index (χ0n) is 10.3. The summed E-state index contributed by atoms with van der Waals surface area (Å²) in [6.45, 7) is 4.24. The molecular formula is C13H21N3O. The van der Waals surface area contributed by atoms with Crippen LogP contribution in [-0.2, 0) is 0 Å². The number of piperidine rings is 1. The Bertz CT molecular complexity index is 359. The van der Waals surface area contributed by atoms with E-state index in [1.165, 1.54) is 0 Å². The van der Waals surface area contributed by atoms with Gasteiger partial charge in [0.2, 0.25) is 0 Å². The lowest BCUT2D eigenvalue weighted by Crippen LogP contribution is -2.35. The van der Waals surface area contributed by atoms with E-state index in [0.717, 1.165) is 37.3 Å². The molecule has 1 saturated heterocycles. The van der Waals surface area contributed by atoms with Crippen molar-refractivity contribution in [2.45, 2.75) is 25.8 Å². The molecule has 1 atom stereocenters. The van der Waals surface area contributed by atoms with Crippen LogP contribution < -0.4 is 10.6 Å². The summed E-state index contributed by atoms with van der Waals surface area (Å²) in [5.41, 5.74) is 7.00. The third-order valence-electron chi connectivity index (χ3n) is 3.49. The van der Waals surface area contributed by atoms with Crippen LogP contribution in [0.2, 0.25) is 0 Å². The number of rotatable bonds is 3. The summed E-state index contributed by atoms with van der Waals surface area (Å²) in [7, 11) is 0. The Morgan fingerprint density at radius 3 is 2.82 bits per heavy atom. The number of hydrogen-bond acceptors (Lipinski definition) is 4. The van der Waals surface area contributed by atoms with Crippen LogP contribution >= 0.6 is 0 Å². The first-order valence-corrected chi connectivity index (χ1v) is 6.28. The van der Waals surface area contributed by atoms with Crippen LogP contribution in [0.15, 0.2) is 18.3 Å². The van der Waals surface area contributed by atoms with Gasteiger partial charge in [-0.1, -0.05) is 0 Å². The summed E-state index contributed by atoms with van der Waals surface area (Å²) in [6, 6.07) is 4.09. The van der Waals surface area contributed by atoms with Crippen LogP contribution in [-0.4, -0.2) is 29.8 Å². The predicted molar refractivity (Wildman–Crippen MR) is 68.9 cm³/mol. The summed E-state index contributed by atoms with van der Waals surface area (Å²) in [5, 5.41) is 9.11. The van der Waals surface area contributed by atoms with E-state index in [0.29, 0.717) is 12.5 Å². The van der Waals surface area contributed by atoms with E-state index in [4.69, 9.17) is 10.8 Å². The Morgan fingerprint density at radius 2 is 2.24 bits per heavy atom. The van der Waals surface area contributed by atoms with E-state index in [1.54, 1.807) is 0 Å². The topological polar surface area (TPSA) is 62.4 Å². The number of aromatic nitrogens is 1. The fraction of sp³-hybridized carbons (Fsp3) is 0.615. The highest BCUT2D eigenvalue weighted by molar-refractivity contribution is 5.42. The second-order valence-electron chi connectivity index (χ2n) is 4.85. The quantitative estimate of drug-likeness (QED) is 0.829. The van der Waals surface area contributed by atoms with Gasteiger partial charge in [-0.15, -0.1) is 0 Å². The van der Waals surface area contributed by atoms with E-state index >= 15 is 0 Å². The minimum Gasteiger partial charge on any atom is -0.396 e. The third kappa shape index (κ3) is 2.96. The first-order valence-electron chi connectivity index (χ1n) is 6.28. The summed E-state index contributed by atoms with van der Waals surface area (Å²) < 4.78 is 0. The fourth-order valence-electron chi connectivity index (χ4n) is 2.23. The Labute approximate surface area is 102 Å². The number of anilines is 1. The second kappa shape index (κ2) is 5.47. The minimum atomic E-state index is 0.0479. The molecule has 2 heterocycles. The van der Waals surface area contributed by atoms with Crippen molar-refractivity contribution in [1.82, 2.24) is 4.98 Å². The molecule has 0 saturated carbocycles. The van der Waals surface area contributed by atoms with Gasteiger partial charge >= 0.3 is 0 Å². The predicted octanol–water partition coefficient (Wildman–Crippen LogP) is 1.31. The number of hydrogen-bond donors (Lipinski definition) is 2. The van der Waals surface area contributed by atoms with Crippen LogP contribution in [0.3, 0.4) is 0 Å². The maximum absolute atomic E-state index is 9.11. The molecule has 1 aromatic heterocycles. The molecule has 1 aliphatic heterocycles. The lowest BCUT2D eigenvalue weighted by Gasteiger charge is -2.32. The third-order valence-corrected chi connectivity index (χ3v) is 3.49. The SMILES string of the molecule is CC(N)c1ccnc(N2CCC(CO)CC2)c1. The zero-order valence-corrected chi connectivity index (χ0v) is 10.3. The molecule has 4 nitrogen and oxygen atoms in total. The van der Waals surface area contributed by atoms with Crippen molar-refractivity contribution in [3.05, 3.63) is 23.9 Å². The first-order chi connectivity index (χ1) is 8.20. The van der Waals surface area contributed by atoms with Crippen molar-refractivity contribution >= 4 is 5.82 Å². The molecule has 0 bridgehead atoms. The summed E-state index contributed by atoms with van der Waals surface area (Å²) >= 11 is 0. The molecule has 94 valence electrons. The highest BCUT2D eigenvalue weighted by Gasteiger charge is 2.19. The van der Waals surface area contributed by atoms with E-state index in [-0.39, 0.29) is 6.04 Å². The Morgan fingerprint density at radius 1 is 1.53 bits per heavy atom. The summed E-state index contributed by atoms with van der Waals surface area (Å²) in [6.07, 6.45) is 3.91. The average Bonchev–Trinajstić information content (AvgIpc) is 2.39. The number of aliphatic hydroxyl groups is 1. The highest BCUT2D eigenvalue weighted by atomic mass is 16.3. The maximum Gasteiger partial charge on any atom is 0.128 e. The Kier molecular flexibility index (Phi) is 3.97. The molecule has 0 radical (unpaired) electrons. The molecule has 4 heteroatoms. The van der Waals surface area contributed by atoms with Gasteiger partial charge < -0.3 is 15.7 Å². The van der Waals surface area contributed by atoms with Crippen molar-refractivity contribution in [3.8, 4) is 0 Å². The van der Waals surface area contributed by atoms with Gasteiger partial charge in [-0.2, -0.15) is 0 Å². The van der Waals surface area contributed by atoms with Crippen LogP contribution in [0.5, 0.6) is 0 Å². The Balaban J connectivity index is 2.05. The summed E-state index contributed by atoms with van der Waals surface area (Å²) in [5.74, 6) is 1.47. The lowest BCUT2D eigenvalue weighted by atomic mass is 9.98. The molecule has 1 aromatic rings. The smallest absolute Gasteiger partial charge is 0.128 e. The number of nitrogens with two attached hydrogens (primary N) is 1. The summed E-state index contributed by atoms with van der Waals surface area (Å²) in [4.78, 5) is 6.68. The van der Waals surface area contributed by atoms with Crippen molar-refractivity contribution in [3.63, 3.8) is 0 Å². The molecule has 1 fully saturated rings.